The molecular weight excluding hydrogens is 701 g/mol. The van der Waals surface area contributed by atoms with Crippen molar-refractivity contribution in [3.63, 3.8) is 0 Å². The van der Waals surface area contributed by atoms with E-state index in [-0.39, 0.29) is 5.41 Å². The van der Waals surface area contributed by atoms with E-state index in [1.54, 1.807) is 0 Å². The maximum atomic E-state index is 5.09. The fourth-order valence-electron chi connectivity index (χ4n) is 9.82. The first kappa shape index (κ1) is 34.1. The minimum atomic E-state index is -0.411. The Morgan fingerprint density at radius 1 is 0.293 bits per heavy atom. The third-order valence-corrected chi connectivity index (χ3v) is 12.6. The SMILES string of the molecule is CC1(C)c2ccccc2C2(c3ccccc3-c3ccc(-c4ccc(-c5cccc(-c6nc(-c7ccccc7)cc(-c7ccccc7)n6)c5)cc4)cc32)c2ccccc21. The van der Waals surface area contributed by atoms with Crippen molar-refractivity contribution in [1.82, 2.24) is 9.97 Å². The topological polar surface area (TPSA) is 25.8 Å². The number of rotatable bonds is 5. The lowest BCUT2D eigenvalue weighted by molar-refractivity contribution is 0.563. The van der Waals surface area contributed by atoms with Crippen LogP contribution in [0.25, 0.3) is 67.3 Å². The van der Waals surface area contributed by atoms with Crippen LogP contribution in [0.3, 0.4) is 0 Å². The first-order valence-corrected chi connectivity index (χ1v) is 20.2. The molecule has 274 valence electrons. The predicted octanol–water partition coefficient (Wildman–Crippen LogP) is 13.8. The fraction of sp³-hybridized carbons (Fsp3) is 0.0714. The molecule has 8 aromatic carbocycles. The minimum Gasteiger partial charge on any atom is -0.228 e. The predicted molar refractivity (Wildman–Crippen MR) is 239 cm³/mol. The smallest absolute Gasteiger partial charge is 0.160 e. The zero-order valence-electron chi connectivity index (χ0n) is 32.5. The van der Waals surface area contributed by atoms with Crippen LogP contribution in [0, 0.1) is 0 Å². The highest BCUT2D eigenvalue weighted by molar-refractivity contribution is 5.90. The van der Waals surface area contributed by atoms with Crippen LogP contribution in [0.15, 0.2) is 206 Å². The van der Waals surface area contributed by atoms with E-state index in [4.69, 9.17) is 9.97 Å². The van der Waals surface area contributed by atoms with Gasteiger partial charge in [-0.05, 0) is 85.0 Å². The summed E-state index contributed by atoms with van der Waals surface area (Å²) >= 11 is 0. The second-order valence-electron chi connectivity index (χ2n) is 16.1. The average molecular weight is 741 g/mol. The maximum Gasteiger partial charge on any atom is 0.160 e. The standard InChI is InChI=1S/C56H40N2/c1-55(2)47-24-11-13-26-49(47)56(50-27-14-12-25-48(50)55)46-23-10-9-22-44(46)45-33-32-42(35-51(45)56)38-30-28-37(29-31-38)41-20-15-21-43(34-41)54-57-52(39-16-5-3-6-17-39)36-53(58-54)40-18-7-4-8-19-40/h3-36H,1-2H3. The summed E-state index contributed by atoms with van der Waals surface area (Å²) in [5, 5.41) is 0. The van der Waals surface area contributed by atoms with Crippen LogP contribution in [0.1, 0.15) is 47.2 Å². The summed E-state index contributed by atoms with van der Waals surface area (Å²) in [4.78, 5) is 10.2. The van der Waals surface area contributed by atoms with Crippen molar-refractivity contribution in [2.45, 2.75) is 24.7 Å². The van der Waals surface area contributed by atoms with Gasteiger partial charge in [-0.2, -0.15) is 0 Å². The van der Waals surface area contributed by atoms with E-state index in [0.717, 1.165) is 39.2 Å². The maximum absolute atomic E-state index is 5.09. The van der Waals surface area contributed by atoms with Gasteiger partial charge >= 0.3 is 0 Å². The van der Waals surface area contributed by atoms with E-state index in [1.807, 2.05) is 12.1 Å². The molecule has 0 unspecified atom stereocenters. The fourth-order valence-corrected chi connectivity index (χ4v) is 9.82. The van der Waals surface area contributed by atoms with Crippen molar-refractivity contribution < 1.29 is 0 Å². The van der Waals surface area contributed by atoms with Crippen LogP contribution in [-0.2, 0) is 10.8 Å². The third-order valence-electron chi connectivity index (χ3n) is 12.6. The Kier molecular flexibility index (Phi) is 7.78. The lowest BCUT2D eigenvalue weighted by Gasteiger charge is -2.46. The second-order valence-corrected chi connectivity index (χ2v) is 16.1. The largest absolute Gasteiger partial charge is 0.228 e. The normalized spacial score (nSPS) is 14.0. The van der Waals surface area contributed by atoms with Gasteiger partial charge in [-0.3, -0.25) is 0 Å². The van der Waals surface area contributed by atoms with Crippen LogP contribution >= 0.6 is 0 Å². The lowest BCUT2D eigenvalue weighted by Crippen LogP contribution is -2.40. The van der Waals surface area contributed by atoms with Crippen LogP contribution < -0.4 is 0 Å². The summed E-state index contributed by atoms with van der Waals surface area (Å²) in [7, 11) is 0. The second kappa shape index (κ2) is 13.2. The minimum absolute atomic E-state index is 0.123. The number of hydrogen-bond acceptors (Lipinski definition) is 2. The van der Waals surface area contributed by atoms with Crippen molar-refractivity contribution in [2.75, 3.05) is 0 Å². The zero-order chi connectivity index (χ0) is 38.8. The Bertz CT molecular complexity index is 2910. The molecular formula is C56H40N2. The van der Waals surface area contributed by atoms with E-state index >= 15 is 0 Å². The molecule has 0 amide bonds. The molecule has 0 fully saturated rings. The molecule has 2 nitrogen and oxygen atoms in total. The zero-order valence-corrected chi connectivity index (χ0v) is 32.5. The van der Waals surface area contributed by atoms with E-state index < -0.39 is 5.41 Å². The van der Waals surface area contributed by atoms with Gasteiger partial charge in [0.1, 0.15) is 0 Å². The van der Waals surface area contributed by atoms with Crippen LogP contribution in [0.4, 0.5) is 0 Å². The van der Waals surface area contributed by atoms with Gasteiger partial charge < -0.3 is 0 Å². The van der Waals surface area contributed by atoms with Gasteiger partial charge in [0.2, 0.25) is 0 Å². The Hall–Kier alpha value is -7.16. The van der Waals surface area contributed by atoms with Crippen LogP contribution in [0.2, 0.25) is 0 Å². The molecule has 9 aromatic rings. The first-order chi connectivity index (χ1) is 28.5. The average Bonchev–Trinajstić information content (AvgIpc) is 3.59. The van der Waals surface area contributed by atoms with Gasteiger partial charge in [0.15, 0.2) is 5.82 Å². The molecule has 2 aliphatic carbocycles. The van der Waals surface area contributed by atoms with Crippen molar-refractivity contribution >= 4 is 0 Å². The van der Waals surface area contributed by atoms with Crippen molar-refractivity contribution in [1.29, 1.82) is 0 Å². The van der Waals surface area contributed by atoms with E-state index in [1.165, 1.54) is 55.6 Å². The number of aromatic nitrogens is 2. The quantitative estimate of drug-likeness (QED) is 0.176. The third kappa shape index (κ3) is 5.18. The van der Waals surface area contributed by atoms with Crippen molar-refractivity contribution in [3.8, 4) is 67.3 Å². The van der Waals surface area contributed by atoms with Gasteiger partial charge in [-0.25, -0.2) is 9.97 Å². The first-order valence-electron chi connectivity index (χ1n) is 20.2. The Labute approximate surface area is 340 Å². The number of nitrogens with zero attached hydrogens (tertiary/aromatic N) is 2. The molecule has 2 heteroatoms. The molecule has 0 bridgehead atoms. The molecule has 1 aromatic heterocycles. The highest BCUT2D eigenvalue weighted by Gasteiger charge is 2.53. The summed E-state index contributed by atoms with van der Waals surface area (Å²) in [5.74, 6) is 0.709. The summed E-state index contributed by atoms with van der Waals surface area (Å²) in [5.41, 5.74) is 20.0. The summed E-state index contributed by atoms with van der Waals surface area (Å²) in [6, 6.07) is 74.9. The van der Waals surface area contributed by atoms with E-state index in [0.29, 0.717) is 5.82 Å². The summed E-state index contributed by atoms with van der Waals surface area (Å²) in [6.07, 6.45) is 0. The highest BCUT2D eigenvalue weighted by Crippen LogP contribution is 2.62. The summed E-state index contributed by atoms with van der Waals surface area (Å²) < 4.78 is 0. The number of benzene rings is 8. The van der Waals surface area contributed by atoms with E-state index in [2.05, 4.69) is 208 Å². The van der Waals surface area contributed by atoms with Gasteiger partial charge in [0.05, 0.1) is 16.8 Å². The lowest BCUT2D eigenvalue weighted by atomic mass is 9.55. The van der Waals surface area contributed by atoms with Crippen molar-refractivity contribution in [3.05, 3.63) is 240 Å². The molecule has 0 aliphatic heterocycles. The Morgan fingerprint density at radius 3 is 1.31 bits per heavy atom. The molecule has 1 spiro atoms. The van der Waals surface area contributed by atoms with Crippen LogP contribution in [-0.4, -0.2) is 9.97 Å². The van der Waals surface area contributed by atoms with Gasteiger partial charge in [-0.15, -0.1) is 0 Å². The number of fused-ring (bicyclic) bond motifs is 9. The molecule has 1 heterocycles. The molecule has 0 radical (unpaired) electrons. The molecule has 0 N–H and O–H groups in total. The van der Waals surface area contributed by atoms with Gasteiger partial charge in [-0.1, -0.05) is 202 Å². The van der Waals surface area contributed by atoms with Crippen molar-refractivity contribution in [2.24, 2.45) is 0 Å². The van der Waals surface area contributed by atoms with E-state index in [9.17, 15) is 0 Å². The summed E-state index contributed by atoms with van der Waals surface area (Å²) in [6.45, 7) is 4.76. The Morgan fingerprint density at radius 2 is 0.724 bits per heavy atom. The molecule has 11 rings (SSSR count). The van der Waals surface area contributed by atoms with Gasteiger partial charge in [0.25, 0.3) is 0 Å². The molecule has 0 atom stereocenters. The number of hydrogen-bond donors (Lipinski definition) is 0. The highest BCUT2D eigenvalue weighted by atomic mass is 14.9. The Balaban J connectivity index is 0.998. The van der Waals surface area contributed by atoms with Gasteiger partial charge in [0, 0.05) is 22.1 Å². The molecule has 0 saturated heterocycles. The monoisotopic (exact) mass is 740 g/mol. The van der Waals surface area contributed by atoms with Crippen LogP contribution in [0.5, 0.6) is 0 Å². The molecule has 2 aliphatic rings. The molecule has 0 saturated carbocycles. The molecule has 58 heavy (non-hydrogen) atoms.